The van der Waals surface area contributed by atoms with Crippen molar-refractivity contribution in [2.45, 2.75) is 45.6 Å². The number of hydrogen-bond donors (Lipinski definition) is 1. The number of fused-ring (bicyclic) bond motifs is 1. The Balaban J connectivity index is 1.86. The maximum Gasteiger partial charge on any atom is 0.126 e. The summed E-state index contributed by atoms with van der Waals surface area (Å²) in [4.78, 5) is 4.70. The molecule has 0 aromatic carbocycles. The number of anilines is 1. The van der Waals surface area contributed by atoms with Crippen LogP contribution < -0.4 is 5.32 Å². The largest absolute Gasteiger partial charge is 0.368 e. The minimum Gasteiger partial charge on any atom is -0.368 e. The summed E-state index contributed by atoms with van der Waals surface area (Å²) in [6, 6.07) is 4.89. The molecule has 0 saturated heterocycles. The highest BCUT2D eigenvalue weighted by atomic mass is 32.2. The van der Waals surface area contributed by atoms with E-state index >= 15 is 0 Å². The Kier molecular flexibility index (Phi) is 4.72. The van der Waals surface area contributed by atoms with Crippen molar-refractivity contribution in [3.05, 3.63) is 23.4 Å². The highest BCUT2D eigenvalue weighted by Gasteiger charge is 2.12. The lowest BCUT2D eigenvalue weighted by molar-refractivity contribution is 0.765. The molecule has 1 atom stereocenters. The first-order valence-electron chi connectivity index (χ1n) is 6.62. The Morgan fingerprint density at radius 3 is 3.12 bits per heavy atom. The van der Waals surface area contributed by atoms with Crippen molar-refractivity contribution in [1.29, 1.82) is 0 Å². The van der Waals surface area contributed by atoms with Crippen molar-refractivity contribution in [3.8, 4) is 0 Å². The lowest BCUT2D eigenvalue weighted by Crippen LogP contribution is -2.17. The van der Waals surface area contributed by atoms with Gasteiger partial charge in [-0.2, -0.15) is 11.8 Å². The monoisotopic (exact) mass is 250 g/mol. The van der Waals surface area contributed by atoms with Crippen LogP contribution in [0.5, 0.6) is 0 Å². The molecule has 0 amide bonds. The molecule has 2 rings (SSSR count). The molecule has 0 radical (unpaired) electrons. The molecule has 1 aromatic heterocycles. The molecule has 1 unspecified atom stereocenters. The molecule has 1 aliphatic carbocycles. The maximum absolute atomic E-state index is 4.70. The Hall–Kier alpha value is -0.700. The van der Waals surface area contributed by atoms with Crippen LogP contribution >= 0.6 is 11.8 Å². The van der Waals surface area contributed by atoms with Gasteiger partial charge in [-0.3, -0.25) is 0 Å². The van der Waals surface area contributed by atoms with E-state index in [0.717, 1.165) is 12.2 Å². The third-order valence-electron chi connectivity index (χ3n) is 3.22. The predicted octanol–water partition coefficient (Wildman–Crippen LogP) is 3.51. The molecule has 1 heterocycles. The maximum atomic E-state index is 4.70. The minimum absolute atomic E-state index is 0.515. The van der Waals surface area contributed by atoms with Crippen molar-refractivity contribution >= 4 is 17.6 Å². The third-order valence-corrected chi connectivity index (χ3v) is 4.15. The summed E-state index contributed by atoms with van der Waals surface area (Å²) in [7, 11) is 0. The molecule has 17 heavy (non-hydrogen) atoms. The van der Waals surface area contributed by atoms with Gasteiger partial charge in [0.15, 0.2) is 0 Å². The predicted molar refractivity (Wildman–Crippen MR) is 77.0 cm³/mol. The summed E-state index contributed by atoms with van der Waals surface area (Å²) < 4.78 is 0. The van der Waals surface area contributed by atoms with Crippen LogP contribution in [0.3, 0.4) is 0 Å². The number of nitrogens with zero attached hydrogens (tertiary/aromatic N) is 1. The normalized spacial score (nSPS) is 15.6. The first-order chi connectivity index (χ1) is 8.29. The van der Waals surface area contributed by atoms with E-state index in [1.165, 1.54) is 42.0 Å². The average molecular weight is 250 g/mol. The average Bonchev–Trinajstić information content (AvgIpc) is 2.76. The Labute approximate surface area is 109 Å². The molecule has 0 saturated carbocycles. The molecule has 1 aliphatic rings. The first kappa shape index (κ1) is 12.7. The van der Waals surface area contributed by atoms with E-state index in [4.69, 9.17) is 4.98 Å². The molecule has 1 N–H and O–H groups in total. The van der Waals surface area contributed by atoms with E-state index in [-0.39, 0.29) is 0 Å². The van der Waals surface area contributed by atoms with Gasteiger partial charge in [0.05, 0.1) is 0 Å². The molecular weight excluding hydrogens is 228 g/mol. The van der Waals surface area contributed by atoms with Crippen molar-refractivity contribution in [1.82, 2.24) is 4.98 Å². The second-order valence-electron chi connectivity index (χ2n) is 4.69. The smallest absolute Gasteiger partial charge is 0.126 e. The molecule has 94 valence electrons. The zero-order valence-corrected chi connectivity index (χ0v) is 11.6. The zero-order chi connectivity index (χ0) is 12.1. The molecule has 2 nitrogen and oxygen atoms in total. The summed E-state index contributed by atoms with van der Waals surface area (Å²) in [5.74, 6) is 3.50. The SMILES string of the molecule is CCSCCC(C)Nc1ccc2c(n1)CCC2. The second kappa shape index (κ2) is 6.29. The van der Waals surface area contributed by atoms with Gasteiger partial charge in [-0.15, -0.1) is 0 Å². The molecule has 0 aliphatic heterocycles. The van der Waals surface area contributed by atoms with Crippen LogP contribution in [0.25, 0.3) is 0 Å². The summed E-state index contributed by atoms with van der Waals surface area (Å²) in [5.41, 5.74) is 2.76. The quantitative estimate of drug-likeness (QED) is 0.782. The van der Waals surface area contributed by atoms with Gasteiger partial charge < -0.3 is 5.32 Å². The van der Waals surface area contributed by atoms with Gasteiger partial charge in [0.1, 0.15) is 5.82 Å². The van der Waals surface area contributed by atoms with Gasteiger partial charge in [-0.25, -0.2) is 4.98 Å². The fourth-order valence-electron chi connectivity index (χ4n) is 2.23. The van der Waals surface area contributed by atoms with Gasteiger partial charge in [0.2, 0.25) is 0 Å². The van der Waals surface area contributed by atoms with Crippen LogP contribution in [-0.4, -0.2) is 22.5 Å². The fourth-order valence-corrected chi connectivity index (χ4v) is 3.04. The molecular formula is C14H22N2S. The Bertz CT molecular complexity index is 365. The molecule has 0 fully saturated rings. The first-order valence-corrected chi connectivity index (χ1v) is 7.78. The molecule has 1 aromatic rings. The highest BCUT2D eigenvalue weighted by Crippen LogP contribution is 2.22. The summed E-state index contributed by atoms with van der Waals surface area (Å²) >= 11 is 2.01. The minimum atomic E-state index is 0.515. The van der Waals surface area contributed by atoms with Crippen LogP contribution in [0.4, 0.5) is 5.82 Å². The zero-order valence-electron chi connectivity index (χ0n) is 10.8. The number of aromatic nitrogens is 1. The third kappa shape index (κ3) is 3.63. The van der Waals surface area contributed by atoms with E-state index in [9.17, 15) is 0 Å². The number of pyridine rings is 1. The summed E-state index contributed by atoms with van der Waals surface area (Å²) in [6.45, 7) is 4.45. The fraction of sp³-hybridized carbons (Fsp3) is 0.643. The van der Waals surface area contributed by atoms with Crippen molar-refractivity contribution < 1.29 is 0 Å². The Morgan fingerprint density at radius 2 is 2.29 bits per heavy atom. The summed E-state index contributed by atoms with van der Waals surface area (Å²) in [6.07, 6.45) is 4.85. The van der Waals surface area contributed by atoms with Gasteiger partial charge in [-0.1, -0.05) is 13.0 Å². The lowest BCUT2D eigenvalue weighted by atomic mass is 10.2. The van der Waals surface area contributed by atoms with Crippen LogP contribution in [0.1, 0.15) is 37.9 Å². The number of aryl methyl sites for hydroxylation is 2. The summed E-state index contributed by atoms with van der Waals surface area (Å²) in [5, 5.41) is 3.51. The van der Waals surface area contributed by atoms with Gasteiger partial charge in [0.25, 0.3) is 0 Å². The van der Waals surface area contributed by atoms with Gasteiger partial charge in [0, 0.05) is 11.7 Å². The highest BCUT2D eigenvalue weighted by molar-refractivity contribution is 7.99. The number of hydrogen-bond acceptors (Lipinski definition) is 3. The van der Waals surface area contributed by atoms with Gasteiger partial charge in [-0.05, 0) is 55.7 Å². The van der Waals surface area contributed by atoms with E-state index in [1.807, 2.05) is 11.8 Å². The van der Waals surface area contributed by atoms with E-state index < -0.39 is 0 Å². The number of thioether (sulfide) groups is 1. The van der Waals surface area contributed by atoms with Gasteiger partial charge >= 0.3 is 0 Å². The Morgan fingerprint density at radius 1 is 1.41 bits per heavy atom. The van der Waals surface area contributed by atoms with E-state index in [1.54, 1.807) is 0 Å². The van der Waals surface area contributed by atoms with Crippen molar-refractivity contribution in [2.75, 3.05) is 16.8 Å². The standard InChI is InChI=1S/C14H22N2S/c1-3-17-10-9-11(2)15-14-8-7-12-5-4-6-13(12)16-14/h7-8,11H,3-6,9-10H2,1-2H3,(H,15,16). The second-order valence-corrected chi connectivity index (χ2v) is 6.08. The number of rotatable bonds is 6. The van der Waals surface area contributed by atoms with E-state index in [2.05, 4.69) is 31.3 Å². The molecule has 0 spiro atoms. The molecule has 0 bridgehead atoms. The van der Waals surface area contributed by atoms with Crippen molar-refractivity contribution in [2.24, 2.45) is 0 Å². The van der Waals surface area contributed by atoms with Crippen LogP contribution in [0.2, 0.25) is 0 Å². The molecule has 3 heteroatoms. The van der Waals surface area contributed by atoms with Crippen molar-refractivity contribution in [3.63, 3.8) is 0 Å². The topological polar surface area (TPSA) is 24.9 Å². The lowest BCUT2D eigenvalue weighted by Gasteiger charge is -2.14. The van der Waals surface area contributed by atoms with Crippen LogP contribution in [-0.2, 0) is 12.8 Å². The van der Waals surface area contributed by atoms with E-state index in [0.29, 0.717) is 6.04 Å². The number of nitrogens with one attached hydrogen (secondary N) is 1. The van der Waals surface area contributed by atoms with Crippen LogP contribution in [0.15, 0.2) is 12.1 Å². The van der Waals surface area contributed by atoms with Crippen LogP contribution in [0, 0.1) is 0 Å².